The second-order valence-electron chi connectivity index (χ2n) is 3.63. The van der Waals surface area contributed by atoms with E-state index in [0.717, 1.165) is 17.5 Å². The highest BCUT2D eigenvalue weighted by Crippen LogP contribution is 2.24. The molecule has 0 aliphatic carbocycles. The zero-order chi connectivity index (χ0) is 10.5. The van der Waals surface area contributed by atoms with Crippen LogP contribution in [-0.2, 0) is 0 Å². The monoisotopic (exact) mass is 240 g/mol. The van der Waals surface area contributed by atoms with E-state index in [0.29, 0.717) is 0 Å². The van der Waals surface area contributed by atoms with Crippen LogP contribution in [0.1, 0.15) is 5.69 Å². The molecule has 0 amide bonds. The van der Waals surface area contributed by atoms with Crippen LogP contribution in [0.15, 0.2) is 18.3 Å². The van der Waals surface area contributed by atoms with Crippen molar-refractivity contribution in [2.45, 2.75) is 12.2 Å². The molecule has 1 unspecified atom stereocenters. The van der Waals surface area contributed by atoms with Crippen molar-refractivity contribution in [1.29, 1.82) is 0 Å². The van der Waals surface area contributed by atoms with E-state index < -0.39 is 0 Å². The van der Waals surface area contributed by atoms with Crippen LogP contribution in [-0.4, -0.2) is 34.0 Å². The Morgan fingerprint density at radius 3 is 3.20 bits per heavy atom. The third kappa shape index (κ3) is 3.61. The van der Waals surface area contributed by atoms with Crippen molar-refractivity contribution in [3.05, 3.63) is 24.0 Å². The van der Waals surface area contributed by atoms with Crippen molar-refractivity contribution in [1.82, 2.24) is 4.98 Å². The summed E-state index contributed by atoms with van der Waals surface area (Å²) in [5, 5.41) is 4.24. The predicted octanol–water partition coefficient (Wildman–Crippen LogP) is 2.65. The molecule has 1 N–H and O–H groups in total. The van der Waals surface area contributed by atoms with Crippen LogP contribution in [0.4, 0.5) is 5.69 Å². The zero-order valence-electron chi connectivity index (χ0n) is 8.90. The number of aromatic nitrogens is 1. The smallest absolute Gasteiger partial charge is 0.0393 e. The van der Waals surface area contributed by atoms with Crippen LogP contribution in [0, 0.1) is 6.92 Å². The topological polar surface area (TPSA) is 24.9 Å². The number of nitrogens with zero attached hydrogens (tertiary/aromatic N) is 1. The molecule has 0 saturated carbocycles. The number of rotatable bonds is 3. The largest absolute Gasteiger partial charge is 0.384 e. The Morgan fingerprint density at radius 1 is 1.53 bits per heavy atom. The quantitative estimate of drug-likeness (QED) is 0.878. The maximum absolute atomic E-state index is 4.19. The Morgan fingerprint density at radius 2 is 2.47 bits per heavy atom. The minimum atomic E-state index is 0.761. The average molecular weight is 240 g/mol. The Hall–Kier alpha value is -0.350. The summed E-state index contributed by atoms with van der Waals surface area (Å²) in [6.45, 7) is 3.09. The van der Waals surface area contributed by atoms with Gasteiger partial charge in [0.25, 0.3) is 0 Å². The molecule has 0 radical (unpaired) electrons. The first-order valence-electron chi connectivity index (χ1n) is 5.20. The fourth-order valence-corrected chi connectivity index (χ4v) is 4.15. The summed E-state index contributed by atoms with van der Waals surface area (Å²) < 4.78 is 0. The summed E-state index contributed by atoms with van der Waals surface area (Å²) in [6, 6.07) is 4.13. The van der Waals surface area contributed by atoms with Crippen molar-refractivity contribution in [3.63, 3.8) is 0 Å². The lowest BCUT2D eigenvalue weighted by atomic mass is 10.3. The first-order chi connectivity index (χ1) is 7.34. The minimum Gasteiger partial charge on any atom is -0.384 e. The number of pyridine rings is 1. The normalized spacial score (nSPS) is 21.3. The third-order valence-electron chi connectivity index (χ3n) is 2.32. The van der Waals surface area contributed by atoms with E-state index in [4.69, 9.17) is 0 Å². The van der Waals surface area contributed by atoms with Gasteiger partial charge in [0.15, 0.2) is 0 Å². The van der Waals surface area contributed by atoms with E-state index in [1.807, 2.05) is 19.2 Å². The molecule has 1 aliphatic rings. The molecule has 4 heteroatoms. The van der Waals surface area contributed by atoms with Crippen LogP contribution in [0.25, 0.3) is 0 Å². The number of thioether (sulfide) groups is 2. The second kappa shape index (κ2) is 5.66. The van der Waals surface area contributed by atoms with E-state index in [2.05, 4.69) is 39.9 Å². The van der Waals surface area contributed by atoms with E-state index in [9.17, 15) is 0 Å². The van der Waals surface area contributed by atoms with Gasteiger partial charge in [0.05, 0.1) is 0 Å². The van der Waals surface area contributed by atoms with Crippen molar-refractivity contribution in [3.8, 4) is 0 Å². The highest BCUT2D eigenvalue weighted by atomic mass is 32.2. The van der Waals surface area contributed by atoms with Gasteiger partial charge in [-0.15, -0.1) is 0 Å². The van der Waals surface area contributed by atoms with Crippen LogP contribution < -0.4 is 5.32 Å². The van der Waals surface area contributed by atoms with Gasteiger partial charge in [-0.2, -0.15) is 23.5 Å². The second-order valence-corrected chi connectivity index (χ2v) is 6.19. The fourth-order valence-electron chi connectivity index (χ4n) is 1.54. The van der Waals surface area contributed by atoms with Crippen LogP contribution >= 0.6 is 23.5 Å². The molecule has 15 heavy (non-hydrogen) atoms. The van der Waals surface area contributed by atoms with Gasteiger partial charge in [0.1, 0.15) is 0 Å². The lowest BCUT2D eigenvalue weighted by molar-refractivity contribution is 1.00. The van der Waals surface area contributed by atoms with Crippen LogP contribution in [0.3, 0.4) is 0 Å². The summed E-state index contributed by atoms with van der Waals surface area (Å²) in [5.41, 5.74) is 2.27. The summed E-state index contributed by atoms with van der Waals surface area (Å²) in [7, 11) is 0. The van der Waals surface area contributed by atoms with E-state index in [1.54, 1.807) is 0 Å². The molecular weight excluding hydrogens is 224 g/mol. The van der Waals surface area contributed by atoms with Gasteiger partial charge in [0.2, 0.25) is 0 Å². The molecule has 82 valence electrons. The molecule has 2 rings (SSSR count). The van der Waals surface area contributed by atoms with Crippen molar-refractivity contribution in [2.75, 3.05) is 29.1 Å². The van der Waals surface area contributed by atoms with E-state index >= 15 is 0 Å². The zero-order valence-corrected chi connectivity index (χ0v) is 10.5. The molecule has 1 aromatic heterocycles. The Kier molecular flexibility index (Phi) is 4.20. The predicted molar refractivity (Wildman–Crippen MR) is 71.0 cm³/mol. The molecule has 0 bridgehead atoms. The molecule has 1 aromatic rings. The molecule has 0 spiro atoms. The van der Waals surface area contributed by atoms with Gasteiger partial charge in [0, 0.05) is 46.6 Å². The minimum absolute atomic E-state index is 0.761. The molecule has 0 aromatic carbocycles. The number of hydrogen-bond donors (Lipinski definition) is 1. The SMILES string of the molecule is Cc1cc(NCC2CSCCS2)ccn1. The first kappa shape index (κ1) is 11.1. The van der Waals surface area contributed by atoms with Gasteiger partial charge in [-0.3, -0.25) is 4.98 Å². The molecule has 2 nitrogen and oxygen atoms in total. The van der Waals surface area contributed by atoms with Gasteiger partial charge in [-0.25, -0.2) is 0 Å². The molecule has 1 aliphatic heterocycles. The maximum Gasteiger partial charge on any atom is 0.0393 e. The Labute approximate surface area is 99.6 Å². The third-order valence-corrected chi connectivity index (χ3v) is 5.16. The molecule has 1 fully saturated rings. The number of nitrogens with one attached hydrogen (secondary N) is 1. The summed E-state index contributed by atoms with van der Waals surface area (Å²) >= 11 is 4.16. The van der Waals surface area contributed by atoms with Gasteiger partial charge in [-0.1, -0.05) is 0 Å². The Balaban J connectivity index is 1.81. The van der Waals surface area contributed by atoms with Crippen molar-refractivity contribution >= 4 is 29.2 Å². The summed E-state index contributed by atoms with van der Waals surface area (Å²) in [4.78, 5) is 4.19. The van der Waals surface area contributed by atoms with Crippen molar-refractivity contribution < 1.29 is 0 Å². The van der Waals surface area contributed by atoms with E-state index in [-0.39, 0.29) is 0 Å². The van der Waals surface area contributed by atoms with E-state index in [1.165, 1.54) is 22.9 Å². The average Bonchev–Trinajstić information content (AvgIpc) is 2.28. The Bertz CT molecular complexity index is 311. The molecule has 1 atom stereocenters. The first-order valence-corrected chi connectivity index (χ1v) is 7.41. The lowest BCUT2D eigenvalue weighted by Crippen LogP contribution is -2.23. The highest BCUT2D eigenvalue weighted by Gasteiger charge is 2.13. The standard InChI is InChI=1S/C11H16N2S2/c1-9-6-10(2-3-12-9)13-7-11-8-14-4-5-15-11/h2-3,6,11H,4-5,7-8H2,1H3,(H,12,13). The summed E-state index contributed by atoms with van der Waals surface area (Å²) in [5.74, 6) is 3.89. The van der Waals surface area contributed by atoms with Gasteiger partial charge < -0.3 is 5.32 Å². The summed E-state index contributed by atoms with van der Waals surface area (Å²) in [6.07, 6.45) is 1.86. The highest BCUT2D eigenvalue weighted by molar-refractivity contribution is 8.06. The van der Waals surface area contributed by atoms with Crippen LogP contribution in [0.2, 0.25) is 0 Å². The molecule has 1 saturated heterocycles. The number of hydrogen-bond acceptors (Lipinski definition) is 4. The fraction of sp³-hybridized carbons (Fsp3) is 0.545. The lowest BCUT2D eigenvalue weighted by Gasteiger charge is -2.21. The van der Waals surface area contributed by atoms with Gasteiger partial charge >= 0.3 is 0 Å². The van der Waals surface area contributed by atoms with Crippen molar-refractivity contribution in [2.24, 2.45) is 0 Å². The van der Waals surface area contributed by atoms with Crippen LogP contribution in [0.5, 0.6) is 0 Å². The number of aryl methyl sites for hydroxylation is 1. The number of anilines is 1. The molecular formula is C11H16N2S2. The van der Waals surface area contributed by atoms with Gasteiger partial charge in [-0.05, 0) is 19.1 Å². The molecule has 2 heterocycles. The maximum atomic E-state index is 4.19.